The molecule has 4 bridgehead atoms. The van der Waals surface area contributed by atoms with Crippen LogP contribution in [0.2, 0.25) is 0 Å². The van der Waals surface area contributed by atoms with Gasteiger partial charge in [-0.25, -0.2) is 4.98 Å². The summed E-state index contributed by atoms with van der Waals surface area (Å²) in [5, 5.41) is 2.43. The molecule has 52 heavy (non-hydrogen) atoms. The molecular formula is C47H42N4O. The van der Waals surface area contributed by atoms with E-state index in [-0.39, 0.29) is 5.41 Å². The summed E-state index contributed by atoms with van der Waals surface area (Å²) in [5.74, 6) is 5.73. The summed E-state index contributed by atoms with van der Waals surface area (Å²) in [6.07, 6.45) is 8.89. The molecule has 7 aromatic rings. The number of anilines is 3. The van der Waals surface area contributed by atoms with Crippen LogP contribution < -0.4 is 14.5 Å². The summed E-state index contributed by atoms with van der Waals surface area (Å²) < 4.78 is 9.04. The van der Waals surface area contributed by atoms with E-state index in [0.29, 0.717) is 11.8 Å². The van der Waals surface area contributed by atoms with Crippen LogP contribution >= 0.6 is 0 Å². The zero-order valence-corrected chi connectivity index (χ0v) is 29.5. The minimum atomic E-state index is 0.0229. The molecule has 2 aromatic heterocycles. The quantitative estimate of drug-likeness (QED) is 0.175. The predicted molar refractivity (Wildman–Crippen MR) is 211 cm³/mol. The average Bonchev–Trinajstić information content (AvgIpc) is 3.69. The number of hydrogen-bond donors (Lipinski definition) is 0. The van der Waals surface area contributed by atoms with Crippen molar-refractivity contribution in [3.8, 4) is 17.3 Å². The summed E-state index contributed by atoms with van der Waals surface area (Å²) in [6.45, 7) is 0.801. The molecule has 3 heterocycles. The standard InChI is InChI=1S/C47H42N4O/c1-49-30-50(44-17-8-7-16-43(44)49)37-12-9-13-38(28-37)52-39-18-19-41-40-14-5-6-15-42(40)51(45(41)29-39)46-27-34(20-21-48-46)47(33-10-3-2-4-11-33)35-23-31-22-32(25-35)26-36(47)24-31/h2-21,27-29,31-32,35-36H,22-26,30H2,1H3. The lowest BCUT2D eigenvalue weighted by Crippen LogP contribution is -2.56. The van der Waals surface area contributed by atoms with Crippen LogP contribution in [-0.2, 0) is 5.41 Å². The first-order valence-corrected chi connectivity index (χ1v) is 19.0. The summed E-state index contributed by atoms with van der Waals surface area (Å²) >= 11 is 0. The van der Waals surface area contributed by atoms with Crippen molar-refractivity contribution in [3.63, 3.8) is 0 Å². The van der Waals surface area contributed by atoms with Crippen LogP contribution in [0.3, 0.4) is 0 Å². The Bertz CT molecular complexity index is 2460. The van der Waals surface area contributed by atoms with Crippen molar-refractivity contribution in [2.45, 2.75) is 37.5 Å². The Morgan fingerprint density at radius 3 is 2.13 bits per heavy atom. The van der Waals surface area contributed by atoms with Gasteiger partial charge in [-0.15, -0.1) is 0 Å². The fourth-order valence-electron chi connectivity index (χ4n) is 11.3. The molecule has 0 saturated heterocycles. The number of ether oxygens (including phenoxy) is 1. The molecular weight excluding hydrogens is 637 g/mol. The zero-order chi connectivity index (χ0) is 34.4. The average molecular weight is 679 g/mol. The molecule has 5 aliphatic rings. The van der Waals surface area contributed by atoms with E-state index in [0.717, 1.165) is 52.5 Å². The normalized spacial score (nSPS) is 24.6. The number of nitrogens with zero attached hydrogens (tertiary/aromatic N) is 4. The molecule has 0 radical (unpaired) electrons. The molecule has 1 aliphatic heterocycles. The molecule has 0 N–H and O–H groups in total. The van der Waals surface area contributed by atoms with E-state index in [4.69, 9.17) is 9.72 Å². The van der Waals surface area contributed by atoms with Crippen LogP contribution in [-0.4, -0.2) is 23.3 Å². The highest BCUT2D eigenvalue weighted by Gasteiger charge is 2.58. The van der Waals surface area contributed by atoms with E-state index >= 15 is 0 Å². The molecule has 256 valence electrons. The summed E-state index contributed by atoms with van der Waals surface area (Å²) in [6, 6.07) is 48.5. The Hall–Kier alpha value is -5.55. The third-order valence-electron chi connectivity index (χ3n) is 13.1. The third-order valence-corrected chi connectivity index (χ3v) is 13.1. The molecule has 4 fully saturated rings. The number of benzene rings is 5. The van der Waals surface area contributed by atoms with Gasteiger partial charge in [0.1, 0.15) is 17.3 Å². The Labute approximate surface area is 305 Å². The maximum Gasteiger partial charge on any atom is 0.137 e. The van der Waals surface area contributed by atoms with Crippen molar-refractivity contribution in [1.82, 2.24) is 9.55 Å². The summed E-state index contributed by atoms with van der Waals surface area (Å²) in [7, 11) is 2.14. The van der Waals surface area contributed by atoms with Gasteiger partial charge in [0.05, 0.1) is 29.1 Å². The first-order valence-electron chi connectivity index (χ1n) is 19.0. The monoisotopic (exact) mass is 678 g/mol. The highest BCUT2D eigenvalue weighted by molar-refractivity contribution is 6.09. The molecule has 0 amide bonds. The van der Waals surface area contributed by atoms with Gasteiger partial charge in [0.15, 0.2) is 0 Å². The second-order valence-electron chi connectivity index (χ2n) is 15.8. The van der Waals surface area contributed by atoms with Crippen molar-refractivity contribution in [3.05, 3.63) is 151 Å². The molecule has 12 rings (SSSR count). The maximum absolute atomic E-state index is 6.67. The van der Waals surface area contributed by atoms with E-state index < -0.39 is 0 Å². The number of fused-ring (bicyclic) bond motifs is 4. The molecule has 5 aromatic carbocycles. The Kier molecular flexibility index (Phi) is 6.65. The van der Waals surface area contributed by atoms with Gasteiger partial charge < -0.3 is 14.5 Å². The van der Waals surface area contributed by atoms with E-state index in [1.807, 2.05) is 6.07 Å². The first-order chi connectivity index (χ1) is 25.6. The third kappa shape index (κ3) is 4.44. The van der Waals surface area contributed by atoms with Crippen molar-refractivity contribution in [2.75, 3.05) is 23.5 Å². The lowest BCUT2D eigenvalue weighted by atomic mass is 9.42. The molecule has 0 unspecified atom stereocenters. The summed E-state index contributed by atoms with van der Waals surface area (Å²) in [5.41, 5.74) is 8.78. The van der Waals surface area contributed by atoms with Gasteiger partial charge in [-0.3, -0.25) is 4.57 Å². The van der Waals surface area contributed by atoms with Gasteiger partial charge >= 0.3 is 0 Å². The van der Waals surface area contributed by atoms with Gasteiger partial charge in [0.25, 0.3) is 0 Å². The second kappa shape index (κ2) is 11.5. The molecule has 5 nitrogen and oxygen atoms in total. The fraction of sp³-hybridized carbons (Fsp3) is 0.255. The van der Waals surface area contributed by atoms with Crippen LogP contribution in [0.5, 0.6) is 11.5 Å². The van der Waals surface area contributed by atoms with E-state index in [1.165, 1.54) is 65.4 Å². The maximum atomic E-state index is 6.67. The minimum absolute atomic E-state index is 0.0229. The van der Waals surface area contributed by atoms with Crippen LogP contribution in [0.25, 0.3) is 27.6 Å². The summed E-state index contributed by atoms with van der Waals surface area (Å²) in [4.78, 5) is 9.75. The number of rotatable bonds is 6. The second-order valence-corrected chi connectivity index (χ2v) is 15.8. The first kappa shape index (κ1) is 30.1. The van der Waals surface area contributed by atoms with Gasteiger partial charge in [0.2, 0.25) is 0 Å². The van der Waals surface area contributed by atoms with E-state index in [1.54, 1.807) is 0 Å². The van der Waals surface area contributed by atoms with Crippen molar-refractivity contribution < 1.29 is 4.74 Å². The van der Waals surface area contributed by atoms with E-state index in [9.17, 15) is 0 Å². The minimum Gasteiger partial charge on any atom is -0.457 e. The number of hydrogen-bond acceptors (Lipinski definition) is 4. The lowest BCUT2D eigenvalue weighted by molar-refractivity contribution is -0.0418. The predicted octanol–water partition coefficient (Wildman–Crippen LogP) is 11.3. The zero-order valence-electron chi connectivity index (χ0n) is 29.5. The van der Waals surface area contributed by atoms with Crippen LogP contribution in [0.4, 0.5) is 17.1 Å². The molecule has 5 heteroatoms. The smallest absolute Gasteiger partial charge is 0.137 e. The Morgan fingerprint density at radius 1 is 0.596 bits per heavy atom. The van der Waals surface area contributed by atoms with Gasteiger partial charge in [0, 0.05) is 47.3 Å². The van der Waals surface area contributed by atoms with Crippen molar-refractivity contribution in [2.24, 2.45) is 23.7 Å². The highest BCUT2D eigenvalue weighted by Crippen LogP contribution is 2.65. The molecule has 0 spiro atoms. The van der Waals surface area contributed by atoms with Crippen LogP contribution in [0.15, 0.2) is 140 Å². The Balaban J connectivity index is 1.01. The van der Waals surface area contributed by atoms with E-state index in [2.05, 4.69) is 155 Å². The molecule has 0 atom stereocenters. The van der Waals surface area contributed by atoms with Gasteiger partial charge in [-0.05, 0) is 121 Å². The van der Waals surface area contributed by atoms with Gasteiger partial charge in [-0.1, -0.05) is 66.7 Å². The van der Waals surface area contributed by atoms with Crippen molar-refractivity contribution in [1.29, 1.82) is 0 Å². The fourth-order valence-corrected chi connectivity index (χ4v) is 11.3. The van der Waals surface area contributed by atoms with Crippen molar-refractivity contribution >= 4 is 38.9 Å². The van der Waals surface area contributed by atoms with Crippen LogP contribution in [0, 0.1) is 23.7 Å². The molecule has 4 saturated carbocycles. The highest BCUT2D eigenvalue weighted by atomic mass is 16.5. The Morgan fingerprint density at radius 2 is 1.31 bits per heavy atom. The SMILES string of the molecule is CN1CN(c2cccc(Oc3ccc4c5ccccc5n(-c5cc(C6(c7ccccc7)C7CC8CC(C7)CC6C8)ccn5)c4c3)c2)c2ccccc21. The largest absolute Gasteiger partial charge is 0.457 e. The topological polar surface area (TPSA) is 33.5 Å². The number of para-hydroxylation sites is 3. The number of pyridine rings is 1. The lowest BCUT2D eigenvalue weighted by Gasteiger charge is -2.62. The van der Waals surface area contributed by atoms with Crippen LogP contribution in [0.1, 0.15) is 43.2 Å². The molecule has 4 aliphatic carbocycles. The van der Waals surface area contributed by atoms with Gasteiger partial charge in [-0.2, -0.15) is 0 Å². The number of aromatic nitrogens is 2.